The van der Waals surface area contributed by atoms with Gasteiger partial charge in [0.05, 0.1) is 13.2 Å². The molecule has 0 aliphatic carbocycles. The molecule has 4 heteroatoms. The molecule has 0 fully saturated rings. The number of ether oxygens (including phenoxy) is 1. The number of rotatable bonds is 3. The molecule has 4 rings (SSSR count). The SMILES string of the molecule is O=C(NCc1cc2ccccc2o1)c1ccc2c(c1)CCO2. The van der Waals surface area contributed by atoms with Gasteiger partial charge in [0.25, 0.3) is 5.91 Å². The summed E-state index contributed by atoms with van der Waals surface area (Å²) in [6.45, 7) is 1.07. The first-order valence-electron chi connectivity index (χ1n) is 7.31. The highest BCUT2D eigenvalue weighted by Gasteiger charge is 2.15. The molecular formula is C18H15NO3. The quantitative estimate of drug-likeness (QED) is 0.806. The van der Waals surface area contributed by atoms with Crippen LogP contribution >= 0.6 is 0 Å². The molecule has 3 aromatic rings. The van der Waals surface area contributed by atoms with E-state index in [-0.39, 0.29) is 5.91 Å². The molecule has 1 aliphatic heterocycles. The first-order valence-corrected chi connectivity index (χ1v) is 7.31. The highest BCUT2D eigenvalue weighted by atomic mass is 16.5. The fourth-order valence-corrected chi connectivity index (χ4v) is 2.72. The third kappa shape index (κ3) is 2.33. The van der Waals surface area contributed by atoms with E-state index in [0.717, 1.165) is 34.5 Å². The molecule has 4 nitrogen and oxygen atoms in total. The van der Waals surface area contributed by atoms with Gasteiger partial charge in [-0.1, -0.05) is 18.2 Å². The normalized spacial score (nSPS) is 12.9. The second kappa shape index (κ2) is 5.22. The van der Waals surface area contributed by atoms with Gasteiger partial charge < -0.3 is 14.5 Å². The molecule has 1 N–H and O–H groups in total. The molecule has 1 amide bonds. The van der Waals surface area contributed by atoms with Crippen LogP contribution in [0.4, 0.5) is 0 Å². The lowest BCUT2D eigenvalue weighted by Gasteiger charge is -2.05. The van der Waals surface area contributed by atoms with Gasteiger partial charge in [0.2, 0.25) is 0 Å². The molecule has 0 atom stereocenters. The Balaban J connectivity index is 1.47. The van der Waals surface area contributed by atoms with Crippen molar-refractivity contribution in [3.05, 3.63) is 65.4 Å². The van der Waals surface area contributed by atoms with Gasteiger partial charge in [0, 0.05) is 17.4 Å². The maximum atomic E-state index is 12.2. The molecule has 0 bridgehead atoms. The first-order chi connectivity index (χ1) is 10.8. The van der Waals surface area contributed by atoms with E-state index in [9.17, 15) is 4.79 Å². The van der Waals surface area contributed by atoms with Crippen LogP contribution in [0.25, 0.3) is 11.0 Å². The summed E-state index contributed by atoms with van der Waals surface area (Å²) >= 11 is 0. The minimum atomic E-state index is -0.102. The minimum absolute atomic E-state index is 0.102. The Kier molecular flexibility index (Phi) is 3.07. The van der Waals surface area contributed by atoms with E-state index < -0.39 is 0 Å². The predicted octanol–water partition coefficient (Wildman–Crippen LogP) is 3.30. The van der Waals surface area contributed by atoms with Gasteiger partial charge in [-0.05, 0) is 35.9 Å². The fraction of sp³-hybridized carbons (Fsp3) is 0.167. The predicted molar refractivity (Wildman–Crippen MR) is 83.0 cm³/mol. The van der Waals surface area contributed by atoms with Gasteiger partial charge in [0.1, 0.15) is 17.1 Å². The third-order valence-electron chi connectivity index (χ3n) is 3.85. The van der Waals surface area contributed by atoms with E-state index in [4.69, 9.17) is 9.15 Å². The molecule has 0 spiro atoms. The molecule has 22 heavy (non-hydrogen) atoms. The van der Waals surface area contributed by atoms with Crippen LogP contribution in [0.5, 0.6) is 5.75 Å². The average Bonchev–Trinajstić information content (AvgIpc) is 3.17. The van der Waals surface area contributed by atoms with Gasteiger partial charge in [-0.15, -0.1) is 0 Å². The Hall–Kier alpha value is -2.75. The molecule has 0 saturated heterocycles. The number of nitrogens with one attached hydrogen (secondary N) is 1. The number of amides is 1. The second-order valence-electron chi connectivity index (χ2n) is 5.35. The standard InChI is InChI=1S/C18H15NO3/c20-18(14-5-6-16-13(9-14)7-8-21-16)19-11-15-10-12-3-1-2-4-17(12)22-15/h1-6,9-10H,7-8,11H2,(H,19,20). The Bertz CT molecular complexity index is 817. The van der Waals surface area contributed by atoms with Crippen LogP contribution in [-0.4, -0.2) is 12.5 Å². The van der Waals surface area contributed by atoms with Crippen LogP contribution in [0.15, 0.2) is 52.9 Å². The van der Waals surface area contributed by atoms with E-state index in [0.29, 0.717) is 18.7 Å². The minimum Gasteiger partial charge on any atom is -0.493 e. The van der Waals surface area contributed by atoms with Gasteiger partial charge in [-0.3, -0.25) is 4.79 Å². The number of benzene rings is 2. The number of carbonyl (C=O) groups excluding carboxylic acids is 1. The zero-order chi connectivity index (χ0) is 14.9. The number of hydrogen-bond donors (Lipinski definition) is 1. The fourth-order valence-electron chi connectivity index (χ4n) is 2.72. The number of hydrogen-bond acceptors (Lipinski definition) is 3. The van der Waals surface area contributed by atoms with Crippen molar-refractivity contribution in [3.63, 3.8) is 0 Å². The van der Waals surface area contributed by atoms with Crippen LogP contribution in [0.3, 0.4) is 0 Å². The Morgan fingerprint density at radius 1 is 1.14 bits per heavy atom. The monoisotopic (exact) mass is 293 g/mol. The van der Waals surface area contributed by atoms with E-state index in [1.165, 1.54) is 0 Å². The van der Waals surface area contributed by atoms with Crippen LogP contribution in [0.2, 0.25) is 0 Å². The number of fused-ring (bicyclic) bond motifs is 2. The van der Waals surface area contributed by atoms with Crippen molar-refractivity contribution in [2.24, 2.45) is 0 Å². The van der Waals surface area contributed by atoms with Crippen molar-refractivity contribution >= 4 is 16.9 Å². The molecule has 1 aromatic heterocycles. The van der Waals surface area contributed by atoms with Crippen molar-refractivity contribution in [2.45, 2.75) is 13.0 Å². The summed E-state index contributed by atoms with van der Waals surface area (Å²) < 4.78 is 11.1. The third-order valence-corrected chi connectivity index (χ3v) is 3.85. The summed E-state index contributed by atoms with van der Waals surface area (Å²) in [5.74, 6) is 1.53. The van der Waals surface area contributed by atoms with Crippen LogP contribution in [0.1, 0.15) is 21.7 Å². The van der Waals surface area contributed by atoms with E-state index >= 15 is 0 Å². The molecule has 0 unspecified atom stereocenters. The lowest BCUT2D eigenvalue weighted by molar-refractivity contribution is 0.0948. The summed E-state index contributed by atoms with van der Waals surface area (Å²) in [5.41, 5.74) is 2.58. The molecule has 1 aliphatic rings. The Morgan fingerprint density at radius 2 is 2.05 bits per heavy atom. The van der Waals surface area contributed by atoms with Gasteiger partial charge in [-0.2, -0.15) is 0 Å². The number of furan rings is 1. The smallest absolute Gasteiger partial charge is 0.251 e. The topological polar surface area (TPSA) is 51.5 Å². The molecule has 0 saturated carbocycles. The molecule has 2 heterocycles. The molecular weight excluding hydrogens is 278 g/mol. The van der Waals surface area contributed by atoms with Crippen molar-refractivity contribution < 1.29 is 13.9 Å². The summed E-state index contributed by atoms with van der Waals surface area (Å²) in [7, 11) is 0. The number of para-hydroxylation sites is 1. The molecule has 110 valence electrons. The van der Waals surface area contributed by atoms with Crippen molar-refractivity contribution in [3.8, 4) is 5.75 Å². The maximum absolute atomic E-state index is 12.2. The van der Waals surface area contributed by atoms with Gasteiger partial charge >= 0.3 is 0 Å². The maximum Gasteiger partial charge on any atom is 0.251 e. The second-order valence-corrected chi connectivity index (χ2v) is 5.35. The highest BCUT2D eigenvalue weighted by molar-refractivity contribution is 5.94. The van der Waals surface area contributed by atoms with E-state index in [2.05, 4.69) is 5.32 Å². The summed E-state index contributed by atoms with van der Waals surface area (Å²) in [6, 6.07) is 15.3. The van der Waals surface area contributed by atoms with Gasteiger partial charge in [-0.25, -0.2) is 0 Å². The van der Waals surface area contributed by atoms with E-state index in [1.54, 1.807) is 6.07 Å². The van der Waals surface area contributed by atoms with Gasteiger partial charge in [0.15, 0.2) is 0 Å². The van der Waals surface area contributed by atoms with E-state index in [1.807, 2.05) is 42.5 Å². The highest BCUT2D eigenvalue weighted by Crippen LogP contribution is 2.26. The van der Waals surface area contributed by atoms with Crippen molar-refractivity contribution in [1.29, 1.82) is 0 Å². The lowest BCUT2D eigenvalue weighted by atomic mass is 10.1. The zero-order valence-corrected chi connectivity index (χ0v) is 12.0. The first kappa shape index (κ1) is 13.0. The Labute approximate surface area is 127 Å². The summed E-state index contributed by atoms with van der Waals surface area (Å²) in [6.07, 6.45) is 0.861. The zero-order valence-electron chi connectivity index (χ0n) is 12.0. The summed E-state index contributed by atoms with van der Waals surface area (Å²) in [4.78, 5) is 12.2. The van der Waals surface area contributed by atoms with Crippen molar-refractivity contribution in [1.82, 2.24) is 5.32 Å². The van der Waals surface area contributed by atoms with Crippen LogP contribution in [0, 0.1) is 0 Å². The van der Waals surface area contributed by atoms with Crippen molar-refractivity contribution in [2.75, 3.05) is 6.61 Å². The summed E-state index contributed by atoms with van der Waals surface area (Å²) in [5, 5.41) is 3.94. The number of carbonyl (C=O) groups is 1. The van der Waals surface area contributed by atoms with Crippen LogP contribution in [-0.2, 0) is 13.0 Å². The lowest BCUT2D eigenvalue weighted by Crippen LogP contribution is -2.22. The molecule has 0 radical (unpaired) electrons. The molecule has 2 aromatic carbocycles. The largest absolute Gasteiger partial charge is 0.493 e. The average molecular weight is 293 g/mol. The Morgan fingerprint density at radius 3 is 2.95 bits per heavy atom. The van der Waals surface area contributed by atoms with Crippen LogP contribution < -0.4 is 10.1 Å².